The van der Waals surface area contributed by atoms with Crippen molar-refractivity contribution < 1.29 is 0 Å². The topological polar surface area (TPSA) is 3.24 Å². The molecule has 1 atom stereocenters. The van der Waals surface area contributed by atoms with E-state index < -0.39 is 0 Å². The third-order valence-corrected chi connectivity index (χ3v) is 9.75. The lowest BCUT2D eigenvalue weighted by molar-refractivity contribution is 0.403. The zero-order valence-electron chi connectivity index (χ0n) is 18.1. The van der Waals surface area contributed by atoms with Crippen molar-refractivity contribution in [1.82, 2.24) is 0 Å². The lowest BCUT2D eigenvalue weighted by Gasteiger charge is -2.43. The minimum absolute atomic E-state index is 0.143. The van der Waals surface area contributed by atoms with Crippen LogP contribution in [0.25, 0.3) is 4.91 Å². The van der Waals surface area contributed by atoms with Crippen LogP contribution in [-0.4, -0.2) is 4.87 Å². The van der Waals surface area contributed by atoms with Crippen LogP contribution in [0.5, 0.6) is 0 Å². The predicted molar refractivity (Wildman–Crippen MR) is 141 cm³/mol. The molecule has 3 aromatic carbocycles. The van der Waals surface area contributed by atoms with Gasteiger partial charge in [0, 0.05) is 21.4 Å². The first-order chi connectivity index (χ1) is 15.8. The van der Waals surface area contributed by atoms with Gasteiger partial charge in [0.1, 0.15) is 0 Å². The second-order valence-corrected chi connectivity index (χ2v) is 11.3. The number of anilines is 1. The van der Waals surface area contributed by atoms with Crippen LogP contribution >= 0.6 is 23.5 Å². The molecule has 3 aromatic rings. The summed E-state index contributed by atoms with van der Waals surface area (Å²) >= 11 is 4.13. The van der Waals surface area contributed by atoms with Crippen LogP contribution < -0.4 is 4.90 Å². The van der Waals surface area contributed by atoms with Gasteiger partial charge in [0.05, 0.1) is 9.90 Å². The van der Waals surface area contributed by atoms with Crippen LogP contribution in [0.3, 0.4) is 0 Å². The fraction of sp³-hybridized carbons (Fsp3) is 0.241. The Morgan fingerprint density at radius 2 is 1.34 bits per heavy atom. The van der Waals surface area contributed by atoms with Gasteiger partial charge < -0.3 is 4.90 Å². The number of hydrogen-bond acceptors (Lipinski definition) is 3. The molecule has 160 valence electrons. The summed E-state index contributed by atoms with van der Waals surface area (Å²) in [7, 11) is 0. The molecular formula is C29H27NS2. The van der Waals surface area contributed by atoms with Crippen molar-refractivity contribution in [2.24, 2.45) is 0 Å². The number of thioether (sulfide) groups is 2. The van der Waals surface area contributed by atoms with Crippen LogP contribution in [0.4, 0.5) is 5.69 Å². The molecule has 0 N–H and O–H groups in total. The second-order valence-electron chi connectivity index (χ2n) is 8.84. The predicted octanol–water partition coefficient (Wildman–Crippen LogP) is 8.64. The Bertz CT molecular complexity index is 1150. The molecule has 0 bridgehead atoms. The molecule has 1 nitrogen and oxygen atoms in total. The molecule has 0 amide bonds. The van der Waals surface area contributed by atoms with Crippen molar-refractivity contribution in [3.63, 3.8) is 0 Å². The zero-order chi connectivity index (χ0) is 21.4. The maximum Gasteiger partial charge on any atom is 0.0958 e. The summed E-state index contributed by atoms with van der Waals surface area (Å²) in [5.74, 6) is 0.306. The summed E-state index contributed by atoms with van der Waals surface area (Å²) in [6.45, 7) is 0. The van der Waals surface area contributed by atoms with E-state index >= 15 is 0 Å². The molecule has 1 aliphatic carbocycles. The first-order valence-corrected chi connectivity index (χ1v) is 13.3. The van der Waals surface area contributed by atoms with E-state index in [1.54, 1.807) is 0 Å². The number of hydrogen-bond donors (Lipinski definition) is 0. The van der Waals surface area contributed by atoms with E-state index in [-0.39, 0.29) is 4.87 Å². The molecule has 0 aromatic heterocycles. The Morgan fingerprint density at radius 1 is 0.719 bits per heavy atom. The van der Waals surface area contributed by atoms with E-state index in [0.717, 1.165) is 0 Å². The molecule has 1 saturated carbocycles. The molecule has 3 heteroatoms. The minimum Gasteiger partial charge on any atom is -0.320 e. The fourth-order valence-electron chi connectivity index (χ4n) is 5.27. The quantitative estimate of drug-likeness (QED) is 0.391. The van der Waals surface area contributed by atoms with E-state index in [4.69, 9.17) is 0 Å². The second kappa shape index (κ2) is 8.53. The third-order valence-electron chi connectivity index (χ3n) is 6.79. The van der Waals surface area contributed by atoms with Gasteiger partial charge in [-0.2, -0.15) is 0 Å². The summed E-state index contributed by atoms with van der Waals surface area (Å²) in [5.41, 5.74) is 4.04. The Kier molecular flexibility index (Phi) is 5.40. The molecule has 3 aliphatic rings. The summed E-state index contributed by atoms with van der Waals surface area (Å²) in [6.07, 6.45) is 9.00. The molecule has 0 saturated heterocycles. The highest BCUT2D eigenvalue weighted by atomic mass is 32.2. The van der Waals surface area contributed by atoms with E-state index in [1.807, 2.05) is 11.8 Å². The van der Waals surface area contributed by atoms with Crippen molar-refractivity contribution in [1.29, 1.82) is 0 Å². The van der Waals surface area contributed by atoms with Crippen LogP contribution in [-0.2, 0) is 0 Å². The number of rotatable bonds is 3. The first-order valence-electron chi connectivity index (χ1n) is 11.6. The summed E-state index contributed by atoms with van der Waals surface area (Å²) in [6, 6.07) is 33.1. The van der Waals surface area contributed by atoms with Crippen molar-refractivity contribution in [2.45, 2.75) is 42.9 Å². The first kappa shape index (κ1) is 20.3. The highest BCUT2D eigenvalue weighted by Gasteiger charge is 2.50. The molecule has 2 heterocycles. The summed E-state index contributed by atoms with van der Waals surface area (Å²) in [4.78, 5) is 5.76. The van der Waals surface area contributed by atoms with Gasteiger partial charge in [-0.15, -0.1) is 0 Å². The van der Waals surface area contributed by atoms with Crippen molar-refractivity contribution >= 4 is 34.1 Å². The van der Waals surface area contributed by atoms with E-state index in [1.165, 1.54) is 63.8 Å². The Balaban J connectivity index is 1.51. The maximum atomic E-state index is 2.71. The Labute approximate surface area is 199 Å². The molecular weight excluding hydrogens is 426 g/mol. The van der Waals surface area contributed by atoms with Crippen molar-refractivity contribution in [3.8, 4) is 0 Å². The fourth-order valence-corrected chi connectivity index (χ4v) is 8.54. The number of para-hydroxylation sites is 1. The Morgan fingerprint density at radius 3 is 2.03 bits per heavy atom. The summed E-state index contributed by atoms with van der Waals surface area (Å²) in [5, 5.41) is 1.44. The highest BCUT2D eigenvalue weighted by molar-refractivity contribution is 8.14. The van der Waals surface area contributed by atoms with Crippen molar-refractivity contribution in [2.75, 3.05) is 4.90 Å². The molecule has 0 radical (unpaired) electrons. The molecule has 6 rings (SSSR count). The molecule has 2 aliphatic heterocycles. The average molecular weight is 454 g/mol. The molecule has 32 heavy (non-hydrogen) atoms. The third kappa shape index (κ3) is 3.52. The smallest absolute Gasteiger partial charge is 0.0958 e. The lowest BCUT2D eigenvalue weighted by atomic mass is 9.92. The highest BCUT2D eigenvalue weighted by Crippen LogP contribution is 2.64. The normalized spacial score (nSPS) is 22.1. The number of benzene rings is 3. The number of nitrogens with zero attached hydrogens (tertiary/aromatic N) is 1. The largest absolute Gasteiger partial charge is 0.320 e. The van der Waals surface area contributed by atoms with Gasteiger partial charge in [0.15, 0.2) is 0 Å². The van der Waals surface area contributed by atoms with Crippen LogP contribution in [0.15, 0.2) is 107 Å². The monoisotopic (exact) mass is 453 g/mol. The molecule has 1 unspecified atom stereocenters. The van der Waals surface area contributed by atoms with Gasteiger partial charge in [-0.05, 0) is 36.1 Å². The standard InChI is InChI=1S/C29H27NS2/c1-5-13-22(14-6-1)25-21-26(23-15-7-2-8-16-23)31-28-27(25)32-29(19-11-4-12-20-29)30(28)24-17-9-3-10-18-24/h1-3,5-10,13-18,21,25H,4,11-12,19-20H2. The summed E-state index contributed by atoms with van der Waals surface area (Å²) < 4.78 is 0. The van der Waals surface area contributed by atoms with E-state index in [9.17, 15) is 0 Å². The molecule has 1 fully saturated rings. The minimum atomic E-state index is 0.143. The maximum absolute atomic E-state index is 2.71. The lowest BCUT2D eigenvalue weighted by Crippen LogP contribution is -2.43. The van der Waals surface area contributed by atoms with Crippen LogP contribution in [0.2, 0.25) is 0 Å². The number of allylic oxidation sites excluding steroid dienone is 2. The van der Waals surface area contributed by atoms with Gasteiger partial charge >= 0.3 is 0 Å². The average Bonchev–Trinajstić information content (AvgIpc) is 3.18. The van der Waals surface area contributed by atoms with Crippen molar-refractivity contribution in [3.05, 3.63) is 118 Å². The van der Waals surface area contributed by atoms with E-state index in [2.05, 4.69) is 114 Å². The SMILES string of the molecule is C1=C(c2ccccc2)SC2=C(SC3(CCCCC3)N2c2ccccc2)C1c1ccccc1. The Hall–Kier alpha value is -2.36. The zero-order valence-corrected chi connectivity index (χ0v) is 19.7. The van der Waals surface area contributed by atoms with Gasteiger partial charge in [0.25, 0.3) is 0 Å². The van der Waals surface area contributed by atoms with Crippen LogP contribution in [0, 0.1) is 0 Å². The van der Waals surface area contributed by atoms with Gasteiger partial charge in [0.2, 0.25) is 0 Å². The molecule has 1 spiro atoms. The van der Waals surface area contributed by atoms with Gasteiger partial charge in [-0.3, -0.25) is 0 Å². The van der Waals surface area contributed by atoms with Gasteiger partial charge in [-0.25, -0.2) is 0 Å². The van der Waals surface area contributed by atoms with Gasteiger partial charge in [-0.1, -0.05) is 128 Å². The van der Waals surface area contributed by atoms with E-state index in [0.29, 0.717) is 5.92 Å². The van der Waals surface area contributed by atoms with Crippen LogP contribution in [0.1, 0.15) is 49.1 Å².